The molecular formula is C22H36OSi. The molecule has 0 aliphatic heterocycles. The zero-order chi connectivity index (χ0) is 17.8. The molecule has 3 rings (SSSR count). The lowest BCUT2D eigenvalue weighted by atomic mass is 9.43. The first-order valence-electron chi connectivity index (χ1n) is 9.95. The maximum absolute atomic E-state index is 10.6. The number of aliphatic hydroxyl groups is 1. The topological polar surface area (TPSA) is 20.2 Å². The molecule has 1 N–H and O–H groups in total. The summed E-state index contributed by atoms with van der Waals surface area (Å²) in [6, 6.07) is 0. The normalized spacial score (nSPS) is 41.4. The standard InChI is InChI=1S/C22H36OSi/c1-20(2)17-10-14-22(15-16-24(4,5)6)12-8-7-9-18(22)21(17,3)13-11-19(20)23/h9,17,19,23H,7-8,10-14H2,1-6H3/t17-,19-,21-,22+/m0/s1. The molecule has 2 heteroatoms. The van der Waals surface area contributed by atoms with Crippen molar-refractivity contribution in [2.24, 2.45) is 22.2 Å². The third kappa shape index (κ3) is 2.82. The van der Waals surface area contributed by atoms with Gasteiger partial charge in [-0.15, -0.1) is 5.54 Å². The smallest absolute Gasteiger partial charge is 0.129 e. The first-order chi connectivity index (χ1) is 11.0. The molecule has 4 atom stereocenters. The number of aliphatic hydroxyl groups excluding tert-OH is 1. The van der Waals surface area contributed by atoms with Gasteiger partial charge in [0.15, 0.2) is 0 Å². The molecule has 2 fully saturated rings. The Morgan fingerprint density at radius 2 is 1.79 bits per heavy atom. The molecule has 0 spiro atoms. The summed E-state index contributed by atoms with van der Waals surface area (Å²) in [6.07, 6.45) is 10.7. The van der Waals surface area contributed by atoms with E-state index in [0.29, 0.717) is 5.92 Å². The molecule has 24 heavy (non-hydrogen) atoms. The van der Waals surface area contributed by atoms with Crippen molar-refractivity contribution in [3.8, 4) is 11.5 Å². The molecular weight excluding hydrogens is 308 g/mol. The summed E-state index contributed by atoms with van der Waals surface area (Å²) >= 11 is 0. The van der Waals surface area contributed by atoms with E-state index in [4.69, 9.17) is 0 Å². The Morgan fingerprint density at radius 1 is 1.08 bits per heavy atom. The van der Waals surface area contributed by atoms with Crippen LogP contribution in [0, 0.1) is 33.6 Å². The van der Waals surface area contributed by atoms with Gasteiger partial charge < -0.3 is 5.11 Å². The molecule has 3 aliphatic rings. The van der Waals surface area contributed by atoms with Crippen LogP contribution in [0.25, 0.3) is 0 Å². The molecule has 0 aromatic rings. The molecule has 0 saturated heterocycles. The van der Waals surface area contributed by atoms with E-state index in [0.717, 1.165) is 12.8 Å². The van der Waals surface area contributed by atoms with Gasteiger partial charge in [0.05, 0.1) is 11.5 Å². The number of hydrogen-bond donors (Lipinski definition) is 1. The number of rotatable bonds is 0. The Bertz CT molecular complexity index is 600. The maximum Gasteiger partial charge on any atom is 0.129 e. The minimum Gasteiger partial charge on any atom is -0.393 e. The fourth-order valence-electron chi connectivity index (χ4n) is 5.96. The van der Waals surface area contributed by atoms with Gasteiger partial charge in [-0.1, -0.05) is 52.4 Å². The van der Waals surface area contributed by atoms with E-state index in [9.17, 15) is 5.11 Å². The Morgan fingerprint density at radius 3 is 2.46 bits per heavy atom. The highest BCUT2D eigenvalue weighted by atomic mass is 28.3. The average Bonchev–Trinajstić information content (AvgIpc) is 2.49. The molecule has 3 aliphatic carbocycles. The molecule has 0 aromatic carbocycles. The van der Waals surface area contributed by atoms with Crippen molar-refractivity contribution in [3.05, 3.63) is 11.6 Å². The molecule has 0 radical (unpaired) electrons. The minimum absolute atomic E-state index is 0.0175. The van der Waals surface area contributed by atoms with Crippen molar-refractivity contribution >= 4 is 8.07 Å². The Labute approximate surface area is 150 Å². The molecule has 1 nitrogen and oxygen atoms in total. The van der Waals surface area contributed by atoms with Crippen molar-refractivity contribution in [3.63, 3.8) is 0 Å². The predicted octanol–water partition coefficient (Wildman–Crippen LogP) is 5.56. The van der Waals surface area contributed by atoms with Crippen molar-refractivity contribution in [1.29, 1.82) is 0 Å². The van der Waals surface area contributed by atoms with Crippen LogP contribution in [0.2, 0.25) is 19.6 Å². The lowest BCUT2D eigenvalue weighted by Gasteiger charge is -2.61. The van der Waals surface area contributed by atoms with Crippen LogP contribution in [0.1, 0.15) is 65.7 Å². The summed E-state index contributed by atoms with van der Waals surface area (Å²) in [5, 5.41) is 10.6. The van der Waals surface area contributed by atoms with Crippen LogP contribution in [-0.4, -0.2) is 19.3 Å². The zero-order valence-corrected chi connectivity index (χ0v) is 17.6. The van der Waals surface area contributed by atoms with Gasteiger partial charge >= 0.3 is 0 Å². The average molecular weight is 345 g/mol. The lowest BCUT2D eigenvalue weighted by Crippen LogP contribution is -2.55. The molecule has 0 aromatic heterocycles. The Kier molecular flexibility index (Phi) is 4.38. The number of hydrogen-bond acceptors (Lipinski definition) is 1. The van der Waals surface area contributed by atoms with Gasteiger partial charge in [-0.3, -0.25) is 0 Å². The largest absolute Gasteiger partial charge is 0.393 e. The summed E-state index contributed by atoms with van der Waals surface area (Å²) in [6.45, 7) is 14.2. The van der Waals surface area contributed by atoms with Gasteiger partial charge in [0.2, 0.25) is 0 Å². The summed E-state index contributed by atoms with van der Waals surface area (Å²) in [7, 11) is -1.36. The lowest BCUT2D eigenvalue weighted by molar-refractivity contribution is -0.104. The fraction of sp³-hybridized carbons (Fsp3) is 0.818. The Hall–Kier alpha value is -0.523. The molecule has 134 valence electrons. The van der Waals surface area contributed by atoms with Crippen LogP contribution in [0.15, 0.2) is 11.6 Å². The van der Waals surface area contributed by atoms with E-state index < -0.39 is 8.07 Å². The van der Waals surface area contributed by atoms with E-state index in [1.165, 1.54) is 32.1 Å². The van der Waals surface area contributed by atoms with Gasteiger partial charge in [-0.2, -0.15) is 0 Å². The van der Waals surface area contributed by atoms with Crippen LogP contribution >= 0.6 is 0 Å². The van der Waals surface area contributed by atoms with Crippen LogP contribution in [0.5, 0.6) is 0 Å². The molecule has 0 heterocycles. The fourth-order valence-corrected chi connectivity index (χ4v) is 6.57. The summed E-state index contributed by atoms with van der Waals surface area (Å²) in [4.78, 5) is 0. The van der Waals surface area contributed by atoms with Gasteiger partial charge in [0.25, 0.3) is 0 Å². The summed E-state index contributed by atoms with van der Waals surface area (Å²) in [5.74, 6) is 4.44. The number of fused-ring (bicyclic) bond motifs is 3. The van der Waals surface area contributed by atoms with Gasteiger partial charge in [0.1, 0.15) is 8.07 Å². The van der Waals surface area contributed by atoms with Crippen LogP contribution in [0.4, 0.5) is 0 Å². The van der Waals surface area contributed by atoms with Crippen molar-refractivity contribution in [1.82, 2.24) is 0 Å². The third-order valence-corrected chi connectivity index (χ3v) is 8.16. The third-order valence-electron chi connectivity index (χ3n) is 7.29. The quantitative estimate of drug-likeness (QED) is 0.346. The van der Waals surface area contributed by atoms with Crippen molar-refractivity contribution < 1.29 is 5.11 Å². The highest BCUT2D eigenvalue weighted by molar-refractivity contribution is 6.83. The van der Waals surface area contributed by atoms with E-state index in [1.54, 1.807) is 5.57 Å². The monoisotopic (exact) mass is 344 g/mol. The molecule has 0 bridgehead atoms. The minimum atomic E-state index is -1.36. The van der Waals surface area contributed by atoms with Gasteiger partial charge in [-0.05, 0) is 67.3 Å². The second-order valence-corrected chi connectivity index (χ2v) is 15.2. The SMILES string of the molecule is CC1(C)[C@@H](O)CC[C@]2(C)C3=CCCC[C@]3(C#C[Si](C)(C)C)CC[C@@H]12. The van der Waals surface area contributed by atoms with Crippen LogP contribution < -0.4 is 0 Å². The van der Waals surface area contributed by atoms with E-state index >= 15 is 0 Å². The summed E-state index contributed by atoms with van der Waals surface area (Å²) < 4.78 is 0. The van der Waals surface area contributed by atoms with E-state index in [1.807, 2.05) is 0 Å². The highest BCUT2D eigenvalue weighted by Gasteiger charge is 2.58. The first kappa shape index (κ1) is 18.3. The van der Waals surface area contributed by atoms with Crippen molar-refractivity contribution in [2.45, 2.75) is 91.5 Å². The second-order valence-electron chi connectivity index (χ2n) is 10.5. The zero-order valence-electron chi connectivity index (χ0n) is 16.6. The van der Waals surface area contributed by atoms with E-state index in [-0.39, 0.29) is 22.3 Å². The Balaban J connectivity index is 2.06. The van der Waals surface area contributed by atoms with Gasteiger partial charge in [0, 0.05) is 0 Å². The maximum atomic E-state index is 10.6. The van der Waals surface area contributed by atoms with Crippen molar-refractivity contribution in [2.75, 3.05) is 0 Å². The molecule has 0 unspecified atom stereocenters. The predicted molar refractivity (Wildman–Crippen MR) is 105 cm³/mol. The second kappa shape index (κ2) is 5.75. The van der Waals surface area contributed by atoms with Crippen LogP contribution in [0.3, 0.4) is 0 Å². The number of allylic oxidation sites excluding steroid dienone is 2. The molecule has 0 amide bonds. The highest BCUT2D eigenvalue weighted by Crippen LogP contribution is 2.65. The van der Waals surface area contributed by atoms with E-state index in [2.05, 4.69) is 58.0 Å². The van der Waals surface area contributed by atoms with Gasteiger partial charge in [-0.25, -0.2) is 0 Å². The molecule has 2 saturated carbocycles. The van der Waals surface area contributed by atoms with Crippen LogP contribution in [-0.2, 0) is 0 Å². The first-order valence-corrected chi connectivity index (χ1v) is 13.4. The summed E-state index contributed by atoms with van der Waals surface area (Å²) in [5.41, 5.74) is 5.77.